The summed E-state index contributed by atoms with van der Waals surface area (Å²) in [5.74, 6) is -0.295. The van der Waals surface area contributed by atoms with E-state index in [4.69, 9.17) is 0 Å². The first-order chi connectivity index (χ1) is 12.2. The van der Waals surface area contributed by atoms with E-state index in [1.165, 1.54) is 5.56 Å². The molecule has 0 saturated heterocycles. The molecule has 132 valence electrons. The highest BCUT2D eigenvalue weighted by molar-refractivity contribution is 5.96. The minimum atomic E-state index is -0.453. The summed E-state index contributed by atoms with van der Waals surface area (Å²) in [7, 11) is 0. The van der Waals surface area contributed by atoms with Crippen LogP contribution in [0.4, 0.5) is 4.79 Å². The Morgan fingerprint density at radius 3 is 2.28 bits per heavy atom. The summed E-state index contributed by atoms with van der Waals surface area (Å²) in [6.45, 7) is 3.10. The number of imide groups is 1. The number of carbonyl (C=O) groups excluding carboxylic acids is 2. The molecule has 2 aromatic rings. The van der Waals surface area contributed by atoms with E-state index < -0.39 is 12.1 Å². The quantitative estimate of drug-likeness (QED) is 0.641. The molecule has 0 aromatic heterocycles. The van der Waals surface area contributed by atoms with Crippen LogP contribution in [0.5, 0.6) is 0 Å². The predicted octanol–water partition coefficient (Wildman–Crippen LogP) is 1.77. The maximum atomic E-state index is 12.5. The van der Waals surface area contributed by atoms with Crippen molar-refractivity contribution in [1.29, 1.82) is 0 Å². The van der Waals surface area contributed by atoms with Crippen molar-refractivity contribution >= 4 is 11.9 Å². The van der Waals surface area contributed by atoms with Gasteiger partial charge in [0.2, 0.25) is 0 Å². The third-order valence-corrected chi connectivity index (χ3v) is 3.93. The Morgan fingerprint density at radius 1 is 1.00 bits per heavy atom. The first-order valence-electron chi connectivity index (χ1n) is 8.71. The Kier molecular flexibility index (Phi) is 7.66. The van der Waals surface area contributed by atoms with Crippen LogP contribution >= 0.6 is 0 Å². The maximum absolute atomic E-state index is 12.5. The summed E-state index contributed by atoms with van der Waals surface area (Å²) in [5, 5.41) is 7.00. The number of nitrogens with two attached hydrogens (primary N) is 1. The van der Waals surface area contributed by atoms with Gasteiger partial charge in [-0.05, 0) is 18.9 Å². The minimum absolute atomic E-state index is 0.295. The summed E-state index contributed by atoms with van der Waals surface area (Å²) in [5.41, 5.74) is 2.18. The van der Waals surface area contributed by atoms with Crippen molar-refractivity contribution < 1.29 is 14.9 Å². The highest BCUT2D eigenvalue weighted by Gasteiger charge is 2.25. The van der Waals surface area contributed by atoms with Gasteiger partial charge in [0.05, 0.1) is 6.54 Å². The zero-order valence-corrected chi connectivity index (χ0v) is 14.6. The number of carbonyl (C=O) groups is 2. The number of amides is 3. The summed E-state index contributed by atoms with van der Waals surface area (Å²) in [4.78, 5) is 24.1. The highest BCUT2D eigenvalue weighted by Crippen LogP contribution is 2.08. The van der Waals surface area contributed by atoms with Crippen molar-refractivity contribution in [1.82, 2.24) is 10.6 Å². The van der Waals surface area contributed by atoms with Gasteiger partial charge in [0.1, 0.15) is 0 Å². The minimum Gasteiger partial charge on any atom is -0.338 e. The zero-order valence-electron chi connectivity index (χ0n) is 14.6. The topological polar surface area (TPSA) is 74.8 Å². The fraction of sp³-hybridized carbons (Fsp3) is 0.300. The number of benzene rings is 2. The molecule has 2 aromatic carbocycles. The number of rotatable bonds is 8. The van der Waals surface area contributed by atoms with Crippen LogP contribution in [0.15, 0.2) is 60.7 Å². The molecule has 5 heteroatoms. The zero-order chi connectivity index (χ0) is 17.9. The smallest absolute Gasteiger partial charge is 0.321 e. The first-order valence-corrected chi connectivity index (χ1v) is 8.71. The van der Waals surface area contributed by atoms with E-state index >= 15 is 0 Å². The lowest BCUT2D eigenvalue weighted by Crippen LogP contribution is -2.88. The normalized spacial score (nSPS) is 11.6. The Bertz CT molecular complexity index is 659. The standard InChI is InChI=1S/C20H25N3O2/c1-2-21-20(25)23-19(24)18(17-13-7-4-8-14-17)22-15-9-12-16-10-5-3-6-11-16/h3-8,10-11,13-14,18,22H,2,9,12,15H2,1H3,(H2,21,23,24,25)/p+1/t18-/m1/s1. The largest absolute Gasteiger partial charge is 0.338 e. The van der Waals surface area contributed by atoms with E-state index in [-0.39, 0.29) is 5.91 Å². The SMILES string of the molecule is CCNC(=O)NC(=O)[C@H]([NH2+]CCCc1ccccc1)c1ccccc1. The monoisotopic (exact) mass is 340 g/mol. The van der Waals surface area contributed by atoms with Crippen LogP contribution in [0.1, 0.15) is 30.5 Å². The molecule has 0 saturated carbocycles. The molecule has 0 bridgehead atoms. The second-order valence-electron chi connectivity index (χ2n) is 5.85. The van der Waals surface area contributed by atoms with Gasteiger partial charge in [-0.25, -0.2) is 4.79 Å². The lowest BCUT2D eigenvalue weighted by atomic mass is 10.1. The van der Waals surface area contributed by atoms with Crippen LogP contribution in [0.2, 0.25) is 0 Å². The van der Waals surface area contributed by atoms with E-state index in [0.29, 0.717) is 6.54 Å². The number of quaternary nitrogens is 1. The van der Waals surface area contributed by atoms with Gasteiger partial charge in [-0.3, -0.25) is 10.1 Å². The van der Waals surface area contributed by atoms with E-state index in [1.54, 1.807) is 0 Å². The van der Waals surface area contributed by atoms with Crippen molar-refractivity contribution in [2.75, 3.05) is 13.1 Å². The Hall–Kier alpha value is -2.66. The molecule has 25 heavy (non-hydrogen) atoms. The number of aryl methyl sites for hydroxylation is 1. The van der Waals surface area contributed by atoms with Crippen LogP contribution in [0.3, 0.4) is 0 Å². The molecule has 0 radical (unpaired) electrons. The molecule has 5 nitrogen and oxygen atoms in total. The van der Waals surface area contributed by atoms with Crippen molar-refractivity contribution in [2.24, 2.45) is 0 Å². The van der Waals surface area contributed by atoms with E-state index in [1.807, 2.05) is 60.8 Å². The number of urea groups is 1. The molecule has 1 atom stereocenters. The Morgan fingerprint density at radius 2 is 1.64 bits per heavy atom. The van der Waals surface area contributed by atoms with Crippen LogP contribution < -0.4 is 16.0 Å². The molecule has 0 spiro atoms. The third kappa shape index (κ3) is 6.39. The highest BCUT2D eigenvalue weighted by atomic mass is 16.2. The average Bonchev–Trinajstić information content (AvgIpc) is 2.63. The van der Waals surface area contributed by atoms with Crippen LogP contribution in [0.25, 0.3) is 0 Å². The Labute approximate surface area is 148 Å². The van der Waals surface area contributed by atoms with Crippen molar-refractivity contribution in [3.8, 4) is 0 Å². The maximum Gasteiger partial charge on any atom is 0.321 e. The molecule has 0 unspecified atom stereocenters. The fourth-order valence-corrected chi connectivity index (χ4v) is 2.68. The third-order valence-electron chi connectivity index (χ3n) is 3.93. The lowest BCUT2D eigenvalue weighted by Gasteiger charge is -2.15. The lowest BCUT2D eigenvalue weighted by molar-refractivity contribution is -0.683. The van der Waals surface area contributed by atoms with Gasteiger partial charge >= 0.3 is 6.03 Å². The van der Waals surface area contributed by atoms with E-state index in [2.05, 4.69) is 22.8 Å². The van der Waals surface area contributed by atoms with Gasteiger partial charge in [0.15, 0.2) is 6.04 Å². The van der Waals surface area contributed by atoms with Gasteiger partial charge in [0.25, 0.3) is 5.91 Å². The molecular weight excluding hydrogens is 314 g/mol. The summed E-state index contributed by atoms with van der Waals surface area (Å²) in [6, 6.07) is 18.9. The van der Waals surface area contributed by atoms with E-state index in [0.717, 1.165) is 24.9 Å². The first kappa shape index (κ1) is 18.7. The van der Waals surface area contributed by atoms with Crippen molar-refractivity contribution in [3.63, 3.8) is 0 Å². The van der Waals surface area contributed by atoms with Crippen molar-refractivity contribution in [2.45, 2.75) is 25.8 Å². The molecular formula is C20H26N3O2+. The van der Waals surface area contributed by atoms with Gasteiger partial charge < -0.3 is 10.6 Å². The molecule has 3 amide bonds. The van der Waals surface area contributed by atoms with Crippen LogP contribution in [0, 0.1) is 0 Å². The summed E-state index contributed by atoms with van der Waals surface area (Å²) in [6.07, 6.45) is 1.93. The Balaban J connectivity index is 1.92. The molecule has 2 rings (SSSR count). The summed E-state index contributed by atoms with van der Waals surface area (Å²) < 4.78 is 0. The van der Waals surface area contributed by atoms with Crippen molar-refractivity contribution in [3.05, 3.63) is 71.8 Å². The molecule has 0 aliphatic rings. The molecule has 0 aliphatic heterocycles. The van der Waals surface area contributed by atoms with Gasteiger partial charge in [0, 0.05) is 18.5 Å². The molecule has 0 aliphatic carbocycles. The second kappa shape index (κ2) is 10.3. The predicted molar refractivity (Wildman–Crippen MR) is 98.0 cm³/mol. The number of hydrogen-bond donors (Lipinski definition) is 3. The van der Waals surface area contributed by atoms with Crippen LogP contribution in [-0.2, 0) is 11.2 Å². The fourth-order valence-electron chi connectivity index (χ4n) is 2.68. The number of hydrogen-bond acceptors (Lipinski definition) is 2. The average molecular weight is 340 g/mol. The van der Waals surface area contributed by atoms with Gasteiger partial charge in [-0.15, -0.1) is 0 Å². The molecule has 0 fully saturated rings. The van der Waals surface area contributed by atoms with Gasteiger partial charge in [-0.2, -0.15) is 0 Å². The number of nitrogens with one attached hydrogen (secondary N) is 2. The van der Waals surface area contributed by atoms with Gasteiger partial charge in [-0.1, -0.05) is 60.7 Å². The molecule has 4 N–H and O–H groups in total. The summed E-state index contributed by atoms with van der Waals surface area (Å²) >= 11 is 0. The molecule has 0 heterocycles. The van der Waals surface area contributed by atoms with Crippen LogP contribution in [-0.4, -0.2) is 25.0 Å². The van der Waals surface area contributed by atoms with E-state index in [9.17, 15) is 9.59 Å². The second-order valence-corrected chi connectivity index (χ2v) is 5.85.